The molecule has 2 rings (SSSR count). The van der Waals surface area contributed by atoms with E-state index in [2.05, 4.69) is 5.32 Å². The zero-order valence-electron chi connectivity index (χ0n) is 11.5. The average Bonchev–Trinajstić information content (AvgIpc) is 3.19. The largest absolute Gasteiger partial charge is 0.405 e. The van der Waals surface area contributed by atoms with Crippen LogP contribution in [0.15, 0.2) is 18.2 Å². The van der Waals surface area contributed by atoms with Gasteiger partial charge in [-0.3, -0.25) is 10.1 Å². The van der Waals surface area contributed by atoms with Gasteiger partial charge in [0.25, 0.3) is 5.69 Å². The first-order valence-corrected chi connectivity index (χ1v) is 6.67. The molecule has 21 heavy (non-hydrogen) atoms. The van der Waals surface area contributed by atoms with Crippen molar-refractivity contribution in [1.29, 1.82) is 0 Å². The quantitative estimate of drug-likeness (QED) is 0.645. The van der Waals surface area contributed by atoms with Gasteiger partial charge in [0.2, 0.25) is 0 Å². The smallest absolute Gasteiger partial charge is 0.385 e. The topological polar surface area (TPSA) is 58.4 Å². The summed E-state index contributed by atoms with van der Waals surface area (Å²) >= 11 is 0. The summed E-state index contributed by atoms with van der Waals surface area (Å²) in [6.07, 6.45) is -2.99. The Hall–Kier alpha value is -1.99. The SMILES string of the molecule is CCNc1cc(N(CC(F)(F)F)C2CC2)cc([N+](=O)[O-])c1. The lowest BCUT2D eigenvalue weighted by molar-refractivity contribution is -0.384. The Labute approximate surface area is 119 Å². The minimum absolute atomic E-state index is 0.192. The molecule has 1 aliphatic carbocycles. The van der Waals surface area contributed by atoms with Crippen LogP contribution in [0.1, 0.15) is 19.8 Å². The maximum absolute atomic E-state index is 12.7. The second-order valence-electron chi connectivity index (χ2n) is 5.00. The first kappa shape index (κ1) is 15.4. The van der Waals surface area contributed by atoms with Crippen LogP contribution < -0.4 is 10.2 Å². The van der Waals surface area contributed by atoms with Crippen molar-refractivity contribution in [3.8, 4) is 0 Å². The molecule has 1 aliphatic rings. The molecule has 0 atom stereocenters. The summed E-state index contributed by atoms with van der Waals surface area (Å²) in [5, 5.41) is 13.8. The van der Waals surface area contributed by atoms with Gasteiger partial charge in [-0.2, -0.15) is 13.2 Å². The van der Waals surface area contributed by atoms with Crippen LogP contribution in [0.3, 0.4) is 0 Å². The normalized spacial score (nSPS) is 14.9. The number of nitro groups is 1. The van der Waals surface area contributed by atoms with Crippen LogP contribution in [0.5, 0.6) is 0 Å². The Kier molecular flexibility index (Phi) is 4.24. The van der Waals surface area contributed by atoms with Crippen molar-refractivity contribution in [2.45, 2.75) is 32.0 Å². The van der Waals surface area contributed by atoms with Gasteiger partial charge in [0.15, 0.2) is 0 Å². The number of nitrogens with zero attached hydrogens (tertiary/aromatic N) is 2. The average molecular weight is 303 g/mol. The lowest BCUT2D eigenvalue weighted by atomic mass is 10.2. The molecule has 0 aliphatic heterocycles. The molecule has 1 N–H and O–H groups in total. The third kappa shape index (κ3) is 4.24. The third-order valence-electron chi connectivity index (χ3n) is 3.16. The number of rotatable bonds is 6. The second-order valence-corrected chi connectivity index (χ2v) is 5.00. The monoisotopic (exact) mass is 303 g/mol. The number of halogens is 3. The molecule has 0 bridgehead atoms. The molecule has 1 saturated carbocycles. The van der Waals surface area contributed by atoms with Crippen molar-refractivity contribution in [1.82, 2.24) is 0 Å². The van der Waals surface area contributed by atoms with Crippen molar-refractivity contribution in [3.63, 3.8) is 0 Å². The van der Waals surface area contributed by atoms with Crippen molar-refractivity contribution < 1.29 is 18.1 Å². The van der Waals surface area contributed by atoms with E-state index in [1.54, 1.807) is 0 Å². The van der Waals surface area contributed by atoms with Gasteiger partial charge in [-0.05, 0) is 25.8 Å². The van der Waals surface area contributed by atoms with Gasteiger partial charge in [-0.25, -0.2) is 0 Å². The van der Waals surface area contributed by atoms with Gasteiger partial charge in [0, 0.05) is 36.1 Å². The van der Waals surface area contributed by atoms with Crippen LogP contribution in [-0.4, -0.2) is 30.2 Å². The first-order chi connectivity index (χ1) is 9.80. The van der Waals surface area contributed by atoms with E-state index >= 15 is 0 Å². The summed E-state index contributed by atoms with van der Waals surface area (Å²) in [6.45, 7) is 1.25. The fourth-order valence-electron chi connectivity index (χ4n) is 2.18. The molecule has 0 aromatic heterocycles. The molecular weight excluding hydrogens is 287 g/mol. The van der Waals surface area contributed by atoms with Crippen molar-refractivity contribution in [2.75, 3.05) is 23.3 Å². The van der Waals surface area contributed by atoms with E-state index in [1.165, 1.54) is 23.1 Å². The first-order valence-electron chi connectivity index (χ1n) is 6.67. The minimum atomic E-state index is -4.34. The molecule has 8 heteroatoms. The standard InChI is InChI=1S/C13H16F3N3O2/c1-2-17-9-5-11(7-12(6-9)19(20)21)18(10-3-4-10)8-13(14,15)16/h5-7,10,17H,2-4,8H2,1H3. The molecular formula is C13H16F3N3O2. The molecule has 0 heterocycles. The molecule has 0 radical (unpaired) electrons. The third-order valence-corrected chi connectivity index (χ3v) is 3.16. The number of non-ortho nitro benzene ring substituents is 1. The predicted octanol–water partition coefficient (Wildman–Crippen LogP) is 3.56. The molecule has 0 saturated heterocycles. The fourth-order valence-corrected chi connectivity index (χ4v) is 2.18. The van der Waals surface area contributed by atoms with Crippen molar-refractivity contribution in [3.05, 3.63) is 28.3 Å². The number of alkyl halides is 3. The number of hydrogen-bond donors (Lipinski definition) is 1. The second kappa shape index (κ2) is 5.79. The Morgan fingerprint density at radius 2 is 2.05 bits per heavy atom. The van der Waals surface area contributed by atoms with Crippen LogP contribution >= 0.6 is 0 Å². The van der Waals surface area contributed by atoms with Crippen LogP contribution in [0.25, 0.3) is 0 Å². The van der Waals surface area contributed by atoms with Crippen LogP contribution in [0.4, 0.5) is 30.2 Å². The van der Waals surface area contributed by atoms with Crippen molar-refractivity contribution >= 4 is 17.1 Å². The Balaban J connectivity index is 2.36. The summed E-state index contributed by atoms with van der Waals surface area (Å²) in [4.78, 5) is 11.5. The number of anilines is 2. The molecule has 0 amide bonds. The van der Waals surface area contributed by atoms with E-state index in [1.807, 2.05) is 6.92 Å². The van der Waals surface area contributed by atoms with Crippen LogP contribution in [0.2, 0.25) is 0 Å². The number of nitrogens with one attached hydrogen (secondary N) is 1. The fraction of sp³-hybridized carbons (Fsp3) is 0.538. The van der Waals surface area contributed by atoms with E-state index in [9.17, 15) is 23.3 Å². The lowest BCUT2D eigenvalue weighted by Crippen LogP contribution is -2.36. The molecule has 1 aromatic carbocycles. The molecule has 5 nitrogen and oxygen atoms in total. The predicted molar refractivity (Wildman–Crippen MR) is 73.7 cm³/mol. The zero-order valence-corrected chi connectivity index (χ0v) is 11.5. The molecule has 1 fully saturated rings. The Morgan fingerprint density at radius 1 is 1.38 bits per heavy atom. The number of hydrogen-bond acceptors (Lipinski definition) is 4. The van der Waals surface area contributed by atoms with E-state index in [4.69, 9.17) is 0 Å². The highest BCUT2D eigenvalue weighted by Gasteiger charge is 2.38. The molecule has 0 unspecified atom stereocenters. The molecule has 0 spiro atoms. The summed E-state index contributed by atoms with van der Waals surface area (Å²) < 4.78 is 38.1. The Morgan fingerprint density at radius 3 is 2.52 bits per heavy atom. The van der Waals surface area contributed by atoms with E-state index in [-0.39, 0.29) is 17.4 Å². The maximum Gasteiger partial charge on any atom is 0.405 e. The van der Waals surface area contributed by atoms with Gasteiger partial charge >= 0.3 is 6.18 Å². The Bertz CT molecular complexity index is 530. The van der Waals surface area contributed by atoms with E-state index in [0.717, 1.165) is 0 Å². The van der Waals surface area contributed by atoms with Gasteiger partial charge in [0.05, 0.1) is 4.92 Å². The highest BCUT2D eigenvalue weighted by molar-refractivity contribution is 5.65. The van der Waals surface area contributed by atoms with Crippen LogP contribution in [-0.2, 0) is 0 Å². The van der Waals surface area contributed by atoms with Crippen LogP contribution in [0, 0.1) is 10.1 Å². The zero-order chi connectivity index (χ0) is 15.6. The van der Waals surface area contributed by atoms with Gasteiger partial charge < -0.3 is 10.2 Å². The maximum atomic E-state index is 12.7. The summed E-state index contributed by atoms with van der Waals surface area (Å²) in [5.41, 5.74) is 0.478. The highest BCUT2D eigenvalue weighted by atomic mass is 19.4. The van der Waals surface area contributed by atoms with E-state index < -0.39 is 17.6 Å². The van der Waals surface area contributed by atoms with Crippen molar-refractivity contribution in [2.24, 2.45) is 0 Å². The molecule has 116 valence electrons. The number of nitro benzene ring substituents is 1. The summed E-state index contributed by atoms with van der Waals surface area (Å²) in [7, 11) is 0. The minimum Gasteiger partial charge on any atom is -0.385 e. The van der Waals surface area contributed by atoms with E-state index in [0.29, 0.717) is 25.1 Å². The molecule has 1 aromatic rings. The van der Waals surface area contributed by atoms with Gasteiger partial charge in [-0.15, -0.1) is 0 Å². The van der Waals surface area contributed by atoms with Gasteiger partial charge in [0.1, 0.15) is 6.54 Å². The van der Waals surface area contributed by atoms with Gasteiger partial charge in [-0.1, -0.05) is 0 Å². The highest BCUT2D eigenvalue weighted by Crippen LogP contribution is 2.37. The summed E-state index contributed by atoms with van der Waals surface area (Å²) in [6, 6.07) is 3.86. The lowest BCUT2D eigenvalue weighted by Gasteiger charge is -2.26. The summed E-state index contributed by atoms with van der Waals surface area (Å²) in [5.74, 6) is 0. The number of benzene rings is 1.